The lowest BCUT2D eigenvalue weighted by atomic mass is 10.3. The van der Waals surface area contributed by atoms with E-state index in [0.717, 1.165) is 12.4 Å². The standard InChI is InChI=1S/C11H11BrN2S/c1-8-6-9(15-11(8)12)7-14-10-4-2-3-5-13-10/h2-6H,7H2,1H3,(H,13,14). The third-order valence-electron chi connectivity index (χ3n) is 2.02. The third-order valence-corrected chi connectivity index (χ3v) is 4.15. The molecule has 0 atom stereocenters. The van der Waals surface area contributed by atoms with E-state index in [-0.39, 0.29) is 0 Å². The van der Waals surface area contributed by atoms with Crippen LogP contribution in [0.3, 0.4) is 0 Å². The number of halogens is 1. The number of aryl methyl sites for hydroxylation is 1. The lowest BCUT2D eigenvalue weighted by Crippen LogP contribution is -1.98. The van der Waals surface area contributed by atoms with Gasteiger partial charge in [0.15, 0.2) is 0 Å². The number of hydrogen-bond donors (Lipinski definition) is 1. The first kappa shape index (κ1) is 10.6. The normalized spacial score (nSPS) is 10.3. The van der Waals surface area contributed by atoms with Gasteiger partial charge in [-0.3, -0.25) is 0 Å². The Morgan fingerprint density at radius 1 is 1.47 bits per heavy atom. The summed E-state index contributed by atoms with van der Waals surface area (Å²) >= 11 is 5.28. The van der Waals surface area contributed by atoms with Gasteiger partial charge in [-0.2, -0.15) is 0 Å². The SMILES string of the molecule is Cc1cc(CNc2ccccn2)sc1Br. The molecular formula is C11H11BrN2S. The number of aromatic nitrogens is 1. The molecule has 0 aromatic carbocycles. The smallest absolute Gasteiger partial charge is 0.126 e. The van der Waals surface area contributed by atoms with Gasteiger partial charge in [0.1, 0.15) is 5.82 Å². The molecule has 78 valence electrons. The average Bonchev–Trinajstić information content (AvgIpc) is 2.57. The summed E-state index contributed by atoms with van der Waals surface area (Å²) in [4.78, 5) is 5.52. The van der Waals surface area contributed by atoms with Crippen LogP contribution in [0.1, 0.15) is 10.4 Å². The van der Waals surface area contributed by atoms with Crippen molar-refractivity contribution in [3.05, 3.63) is 44.7 Å². The predicted molar refractivity (Wildman–Crippen MR) is 68.3 cm³/mol. The van der Waals surface area contributed by atoms with Crippen molar-refractivity contribution >= 4 is 33.1 Å². The van der Waals surface area contributed by atoms with Gasteiger partial charge in [-0.05, 0) is 46.6 Å². The Kier molecular flexibility index (Phi) is 3.38. The second-order valence-corrected chi connectivity index (χ2v) is 5.69. The lowest BCUT2D eigenvalue weighted by molar-refractivity contribution is 1.14. The summed E-state index contributed by atoms with van der Waals surface area (Å²) in [5.41, 5.74) is 1.29. The topological polar surface area (TPSA) is 24.9 Å². The highest BCUT2D eigenvalue weighted by atomic mass is 79.9. The molecule has 0 bridgehead atoms. The second-order valence-electron chi connectivity index (χ2n) is 3.24. The molecule has 1 N–H and O–H groups in total. The summed E-state index contributed by atoms with van der Waals surface area (Å²) < 4.78 is 1.21. The van der Waals surface area contributed by atoms with E-state index in [9.17, 15) is 0 Å². The minimum Gasteiger partial charge on any atom is -0.365 e. The first-order valence-corrected chi connectivity index (χ1v) is 6.26. The van der Waals surface area contributed by atoms with Gasteiger partial charge in [0.2, 0.25) is 0 Å². The maximum atomic E-state index is 4.20. The van der Waals surface area contributed by atoms with Crippen molar-refractivity contribution in [2.24, 2.45) is 0 Å². The van der Waals surface area contributed by atoms with Crippen molar-refractivity contribution in [2.45, 2.75) is 13.5 Å². The fourth-order valence-electron chi connectivity index (χ4n) is 1.26. The zero-order valence-electron chi connectivity index (χ0n) is 8.33. The van der Waals surface area contributed by atoms with E-state index in [1.54, 1.807) is 17.5 Å². The zero-order chi connectivity index (χ0) is 10.7. The molecule has 0 radical (unpaired) electrons. The summed E-state index contributed by atoms with van der Waals surface area (Å²) in [5, 5.41) is 3.28. The van der Waals surface area contributed by atoms with Gasteiger partial charge in [-0.25, -0.2) is 4.98 Å². The second kappa shape index (κ2) is 4.77. The number of anilines is 1. The molecule has 0 aliphatic rings. The molecule has 0 amide bonds. The van der Waals surface area contributed by atoms with Crippen molar-refractivity contribution < 1.29 is 0 Å². The fourth-order valence-corrected chi connectivity index (χ4v) is 2.82. The molecule has 0 saturated heterocycles. The van der Waals surface area contributed by atoms with Crippen LogP contribution in [0, 0.1) is 6.92 Å². The van der Waals surface area contributed by atoms with Gasteiger partial charge < -0.3 is 5.32 Å². The highest BCUT2D eigenvalue weighted by Crippen LogP contribution is 2.27. The van der Waals surface area contributed by atoms with Crippen molar-refractivity contribution in [1.29, 1.82) is 0 Å². The Morgan fingerprint density at radius 3 is 2.93 bits per heavy atom. The molecule has 2 aromatic rings. The molecule has 2 heterocycles. The van der Waals surface area contributed by atoms with E-state index >= 15 is 0 Å². The molecule has 2 rings (SSSR count). The fraction of sp³-hybridized carbons (Fsp3) is 0.182. The largest absolute Gasteiger partial charge is 0.365 e. The van der Waals surface area contributed by atoms with Gasteiger partial charge in [0.05, 0.1) is 10.3 Å². The van der Waals surface area contributed by atoms with Crippen LogP contribution in [0.25, 0.3) is 0 Å². The number of pyridine rings is 1. The summed E-state index contributed by atoms with van der Waals surface area (Å²) in [6.07, 6.45) is 1.79. The van der Waals surface area contributed by atoms with Crippen LogP contribution in [-0.2, 0) is 6.54 Å². The minimum absolute atomic E-state index is 0.828. The predicted octanol–water partition coefficient (Wildman–Crippen LogP) is 3.83. The van der Waals surface area contributed by atoms with Crippen LogP contribution in [0.15, 0.2) is 34.2 Å². The maximum absolute atomic E-state index is 4.20. The summed E-state index contributed by atoms with van der Waals surface area (Å²) in [5.74, 6) is 0.916. The Balaban J connectivity index is 1.99. The zero-order valence-corrected chi connectivity index (χ0v) is 10.7. The molecule has 0 aliphatic carbocycles. The van der Waals surface area contributed by atoms with Crippen LogP contribution >= 0.6 is 27.3 Å². The highest BCUT2D eigenvalue weighted by Gasteiger charge is 2.02. The quantitative estimate of drug-likeness (QED) is 0.926. The number of nitrogens with zero attached hydrogens (tertiary/aromatic N) is 1. The molecule has 4 heteroatoms. The van der Waals surface area contributed by atoms with Gasteiger partial charge in [0, 0.05) is 11.1 Å². The number of thiophene rings is 1. The molecule has 0 unspecified atom stereocenters. The van der Waals surface area contributed by atoms with E-state index in [2.05, 4.69) is 39.2 Å². The summed E-state index contributed by atoms with van der Waals surface area (Å²) in [7, 11) is 0. The van der Waals surface area contributed by atoms with Gasteiger partial charge in [0.25, 0.3) is 0 Å². The molecule has 15 heavy (non-hydrogen) atoms. The van der Waals surface area contributed by atoms with Crippen molar-refractivity contribution in [2.75, 3.05) is 5.32 Å². The highest BCUT2D eigenvalue weighted by molar-refractivity contribution is 9.11. The molecule has 2 aromatic heterocycles. The number of nitrogens with one attached hydrogen (secondary N) is 1. The van der Waals surface area contributed by atoms with Gasteiger partial charge in [-0.15, -0.1) is 11.3 Å². The summed E-state index contributed by atoms with van der Waals surface area (Å²) in [6.45, 7) is 2.93. The van der Waals surface area contributed by atoms with Crippen LogP contribution in [-0.4, -0.2) is 4.98 Å². The van der Waals surface area contributed by atoms with E-state index in [1.165, 1.54) is 14.2 Å². The van der Waals surface area contributed by atoms with E-state index in [1.807, 2.05) is 18.2 Å². The summed E-state index contributed by atoms with van der Waals surface area (Å²) in [6, 6.07) is 8.04. The first-order chi connectivity index (χ1) is 7.25. The Bertz CT molecular complexity index is 420. The molecule has 2 nitrogen and oxygen atoms in total. The van der Waals surface area contributed by atoms with E-state index in [4.69, 9.17) is 0 Å². The van der Waals surface area contributed by atoms with Crippen molar-refractivity contribution in [1.82, 2.24) is 4.98 Å². The minimum atomic E-state index is 0.828. The van der Waals surface area contributed by atoms with Gasteiger partial charge >= 0.3 is 0 Å². The van der Waals surface area contributed by atoms with Crippen molar-refractivity contribution in [3.8, 4) is 0 Å². The molecule has 0 fully saturated rings. The molecular weight excluding hydrogens is 272 g/mol. The van der Waals surface area contributed by atoms with Gasteiger partial charge in [-0.1, -0.05) is 6.07 Å². The molecule has 0 aliphatic heterocycles. The Hall–Kier alpha value is -0.870. The third kappa shape index (κ3) is 2.79. The number of hydrogen-bond acceptors (Lipinski definition) is 3. The first-order valence-electron chi connectivity index (χ1n) is 4.65. The molecule has 0 saturated carbocycles. The average molecular weight is 283 g/mol. The Morgan fingerprint density at radius 2 is 2.33 bits per heavy atom. The van der Waals surface area contributed by atoms with Crippen LogP contribution < -0.4 is 5.32 Å². The lowest BCUT2D eigenvalue weighted by Gasteiger charge is -2.01. The van der Waals surface area contributed by atoms with Crippen LogP contribution in [0.5, 0.6) is 0 Å². The van der Waals surface area contributed by atoms with Crippen molar-refractivity contribution in [3.63, 3.8) is 0 Å². The van der Waals surface area contributed by atoms with E-state index in [0.29, 0.717) is 0 Å². The monoisotopic (exact) mass is 282 g/mol. The maximum Gasteiger partial charge on any atom is 0.126 e. The van der Waals surface area contributed by atoms with Crippen LogP contribution in [0.2, 0.25) is 0 Å². The van der Waals surface area contributed by atoms with Crippen LogP contribution in [0.4, 0.5) is 5.82 Å². The Labute approximate surface area is 101 Å². The van der Waals surface area contributed by atoms with E-state index < -0.39 is 0 Å². The molecule has 0 spiro atoms. The number of rotatable bonds is 3.